The number of allylic oxidation sites excluding steroid dienone is 1. The molecule has 0 fully saturated rings. The van der Waals surface area contributed by atoms with Gasteiger partial charge in [0.15, 0.2) is 5.78 Å². The molecule has 9 heteroatoms. The van der Waals surface area contributed by atoms with Gasteiger partial charge in [0.1, 0.15) is 17.3 Å². The van der Waals surface area contributed by atoms with E-state index in [9.17, 15) is 14.0 Å². The number of halogens is 1. The topological polar surface area (TPSA) is 95.7 Å². The second-order valence-electron chi connectivity index (χ2n) is 12.2. The zero-order chi connectivity index (χ0) is 31.0. The SMILES string of the molecule is COc1ccc(OC)c(C2C3=C(CC(C)(C)CC3=O)Nc3ccccc3N2CC(=O)NCCc2c[nH]c3ccc(F)cc23)c1. The highest BCUT2D eigenvalue weighted by Gasteiger charge is 2.43. The predicted octanol–water partition coefficient (Wildman–Crippen LogP) is 6.30. The number of anilines is 2. The first kappa shape index (κ1) is 29.3. The molecule has 228 valence electrons. The molecular formula is C35H37FN4O4. The van der Waals surface area contributed by atoms with E-state index in [1.807, 2.05) is 53.6 Å². The normalized spacial score (nSPS) is 17.4. The summed E-state index contributed by atoms with van der Waals surface area (Å²) in [6.07, 6.45) is 3.44. The van der Waals surface area contributed by atoms with Crippen LogP contribution in [0.15, 0.2) is 78.1 Å². The minimum absolute atomic E-state index is 0.0142. The van der Waals surface area contributed by atoms with Crippen molar-refractivity contribution in [3.63, 3.8) is 0 Å². The Morgan fingerprint density at radius 2 is 1.89 bits per heavy atom. The van der Waals surface area contributed by atoms with E-state index in [1.165, 1.54) is 12.1 Å². The molecule has 1 aliphatic carbocycles. The number of hydrogen-bond acceptors (Lipinski definition) is 6. The van der Waals surface area contributed by atoms with E-state index >= 15 is 0 Å². The van der Waals surface area contributed by atoms with Crippen LogP contribution in [0.2, 0.25) is 0 Å². The first-order valence-corrected chi connectivity index (χ1v) is 14.8. The molecule has 1 atom stereocenters. The van der Waals surface area contributed by atoms with Gasteiger partial charge in [-0.15, -0.1) is 0 Å². The molecule has 1 unspecified atom stereocenters. The van der Waals surface area contributed by atoms with Gasteiger partial charge in [-0.1, -0.05) is 26.0 Å². The summed E-state index contributed by atoms with van der Waals surface area (Å²) in [5.41, 5.74) is 5.38. The number of nitrogens with one attached hydrogen (secondary N) is 3. The summed E-state index contributed by atoms with van der Waals surface area (Å²) in [7, 11) is 3.20. The number of H-pyrrole nitrogens is 1. The molecule has 3 N–H and O–H groups in total. The molecule has 6 rings (SSSR count). The Morgan fingerprint density at radius 1 is 1.07 bits per heavy atom. The van der Waals surface area contributed by atoms with Crippen molar-refractivity contribution in [2.75, 3.05) is 37.5 Å². The number of benzene rings is 3. The van der Waals surface area contributed by atoms with E-state index in [4.69, 9.17) is 9.47 Å². The van der Waals surface area contributed by atoms with E-state index < -0.39 is 6.04 Å². The van der Waals surface area contributed by atoms with Crippen LogP contribution < -0.4 is 25.0 Å². The Morgan fingerprint density at radius 3 is 2.68 bits per heavy atom. The zero-order valence-corrected chi connectivity index (χ0v) is 25.4. The molecule has 0 saturated carbocycles. The first-order valence-electron chi connectivity index (χ1n) is 14.8. The molecule has 0 radical (unpaired) electrons. The summed E-state index contributed by atoms with van der Waals surface area (Å²) in [4.78, 5) is 32.9. The average molecular weight is 597 g/mol. The summed E-state index contributed by atoms with van der Waals surface area (Å²) < 4.78 is 25.3. The van der Waals surface area contributed by atoms with Crippen LogP contribution in [0.5, 0.6) is 11.5 Å². The third-order valence-corrected chi connectivity index (χ3v) is 8.50. The Kier molecular flexibility index (Phi) is 7.80. The average Bonchev–Trinajstić information content (AvgIpc) is 3.33. The van der Waals surface area contributed by atoms with Crippen molar-refractivity contribution in [1.82, 2.24) is 10.3 Å². The number of fused-ring (bicyclic) bond motifs is 2. The van der Waals surface area contributed by atoms with Crippen molar-refractivity contribution in [3.8, 4) is 11.5 Å². The van der Waals surface area contributed by atoms with E-state index in [0.29, 0.717) is 42.9 Å². The second kappa shape index (κ2) is 11.7. The van der Waals surface area contributed by atoms with Gasteiger partial charge in [0, 0.05) is 46.9 Å². The van der Waals surface area contributed by atoms with E-state index in [1.54, 1.807) is 20.3 Å². The van der Waals surface area contributed by atoms with Crippen LogP contribution in [0.3, 0.4) is 0 Å². The standard InChI is InChI=1S/C35H37FN4O4/c1-35(2)17-28-33(30(41)18-35)34(25-16-23(43-3)10-12-31(25)44-4)40(29-8-6-5-7-27(29)39-28)20-32(42)37-14-13-21-19-38-26-11-9-22(36)15-24(21)26/h5-12,15-16,19,34,38-39H,13-14,17-18,20H2,1-4H3,(H,37,42). The van der Waals surface area contributed by atoms with Crippen molar-refractivity contribution in [2.45, 2.75) is 39.2 Å². The highest BCUT2D eigenvalue weighted by molar-refractivity contribution is 6.02. The maximum Gasteiger partial charge on any atom is 0.239 e. The highest BCUT2D eigenvalue weighted by atomic mass is 19.1. The van der Waals surface area contributed by atoms with Crippen LogP contribution in [0, 0.1) is 11.2 Å². The van der Waals surface area contributed by atoms with Gasteiger partial charge in [0.25, 0.3) is 0 Å². The van der Waals surface area contributed by atoms with Crippen molar-refractivity contribution in [2.24, 2.45) is 5.41 Å². The lowest BCUT2D eigenvalue weighted by atomic mass is 9.73. The van der Waals surface area contributed by atoms with Crippen LogP contribution in [0.25, 0.3) is 10.9 Å². The molecule has 0 saturated heterocycles. The number of para-hydroxylation sites is 2. The zero-order valence-electron chi connectivity index (χ0n) is 25.4. The van der Waals surface area contributed by atoms with Crippen LogP contribution >= 0.6 is 0 Å². The number of rotatable bonds is 8. The third-order valence-electron chi connectivity index (χ3n) is 8.50. The molecule has 2 heterocycles. The van der Waals surface area contributed by atoms with Gasteiger partial charge in [-0.2, -0.15) is 0 Å². The van der Waals surface area contributed by atoms with E-state index in [0.717, 1.165) is 39.1 Å². The van der Waals surface area contributed by atoms with Gasteiger partial charge in [-0.25, -0.2) is 4.39 Å². The van der Waals surface area contributed by atoms with Crippen LogP contribution in [0.4, 0.5) is 15.8 Å². The van der Waals surface area contributed by atoms with Gasteiger partial charge in [-0.3, -0.25) is 9.59 Å². The second-order valence-corrected chi connectivity index (χ2v) is 12.2. The maximum atomic E-state index is 14.0. The number of ketones is 1. The lowest BCUT2D eigenvalue weighted by Crippen LogP contribution is -2.42. The molecule has 1 aliphatic heterocycles. The molecule has 8 nitrogen and oxygen atoms in total. The number of amides is 1. The molecule has 3 aromatic carbocycles. The monoisotopic (exact) mass is 596 g/mol. The molecule has 2 aliphatic rings. The summed E-state index contributed by atoms with van der Waals surface area (Å²) in [5.74, 6) is 0.742. The minimum atomic E-state index is -0.614. The molecule has 44 heavy (non-hydrogen) atoms. The molecule has 1 amide bonds. The van der Waals surface area contributed by atoms with Crippen molar-refractivity contribution in [1.29, 1.82) is 0 Å². The fourth-order valence-corrected chi connectivity index (χ4v) is 6.51. The van der Waals surface area contributed by atoms with Crippen molar-refractivity contribution in [3.05, 3.63) is 95.1 Å². The number of hydrogen-bond donors (Lipinski definition) is 3. The van der Waals surface area contributed by atoms with Crippen LogP contribution in [-0.4, -0.2) is 44.0 Å². The number of aromatic amines is 1. The molecule has 0 bridgehead atoms. The van der Waals surface area contributed by atoms with Crippen LogP contribution in [0.1, 0.15) is 43.9 Å². The quantitative estimate of drug-likeness (QED) is 0.221. The number of nitrogens with zero attached hydrogens (tertiary/aromatic N) is 1. The summed E-state index contributed by atoms with van der Waals surface area (Å²) >= 11 is 0. The van der Waals surface area contributed by atoms with Gasteiger partial charge in [0.2, 0.25) is 5.91 Å². The Bertz CT molecular complexity index is 1780. The minimum Gasteiger partial charge on any atom is -0.497 e. The molecule has 1 aromatic heterocycles. The van der Waals surface area contributed by atoms with Crippen molar-refractivity contribution >= 4 is 34.0 Å². The summed E-state index contributed by atoms with van der Waals surface area (Å²) in [6.45, 7) is 4.55. The first-order chi connectivity index (χ1) is 21.2. The Balaban J connectivity index is 1.37. The lowest BCUT2D eigenvalue weighted by molar-refractivity contribution is -0.120. The fraction of sp³-hybridized carbons (Fsp3) is 0.314. The number of ether oxygens (including phenoxy) is 2. The predicted molar refractivity (Wildman–Crippen MR) is 170 cm³/mol. The number of methoxy groups -OCH3 is 2. The van der Waals surface area contributed by atoms with Gasteiger partial charge >= 0.3 is 0 Å². The largest absolute Gasteiger partial charge is 0.497 e. The maximum absolute atomic E-state index is 14.0. The van der Waals surface area contributed by atoms with E-state index in [-0.39, 0.29) is 29.5 Å². The summed E-state index contributed by atoms with van der Waals surface area (Å²) in [5, 5.41) is 7.43. The lowest BCUT2D eigenvalue weighted by Gasteiger charge is -2.38. The van der Waals surface area contributed by atoms with Crippen molar-refractivity contribution < 1.29 is 23.5 Å². The number of carbonyl (C=O) groups is 2. The van der Waals surface area contributed by atoms with Gasteiger partial charge < -0.3 is 30.0 Å². The molecular weight excluding hydrogens is 559 g/mol. The van der Waals surface area contributed by atoms with E-state index in [2.05, 4.69) is 29.5 Å². The van der Waals surface area contributed by atoms with Crippen LogP contribution in [-0.2, 0) is 16.0 Å². The highest BCUT2D eigenvalue weighted by Crippen LogP contribution is 2.50. The van der Waals surface area contributed by atoms with Gasteiger partial charge in [0.05, 0.1) is 38.2 Å². The Labute approximate surface area is 256 Å². The molecule has 0 spiro atoms. The molecule has 4 aromatic rings. The number of Topliss-reactive ketones (excluding diaryl/α,β-unsaturated/α-hetero) is 1. The number of aromatic nitrogens is 1. The Hall–Kier alpha value is -4.79. The van der Waals surface area contributed by atoms with Gasteiger partial charge in [-0.05, 0) is 72.4 Å². The summed E-state index contributed by atoms with van der Waals surface area (Å²) in [6, 6.07) is 17.4. The third kappa shape index (κ3) is 5.62. The number of carbonyl (C=O) groups excluding carboxylic acids is 2. The smallest absolute Gasteiger partial charge is 0.239 e. The fourth-order valence-electron chi connectivity index (χ4n) is 6.51.